The highest BCUT2D eigenvalue weighted by molar-refractivity contribution is 5.93. The molecule has 0 radical (unpaired) electrons. The highest BCUT2D eigenvalue weighted by atomic mass is 16.2. The Morgan fingerprint density at radius 1 is 1.50 bits per heavy atom. The summed E-state index contributed by atoms with van der Waals surface area (Å²) in [6, 6.07) is 6.10. The number of nitriles is 1. The van der Waals surface area contributed by atoms with E-state index < -0.39 is 0 Å². The number of hydrogen-bond acceptors (Lipinski definition) is 3. The molecular formula is C13H16N4O. The summed E-state index contributed by atoms with van der Waals surface area (Å²) in [5.41, 5.74) is 0.722. The molecule has 5 heteroatoms. The summed E-state index contributed by atoms with van der Waals surface area (Å²) in [6.45, 7) is 1.92. The molecule has 0 aromatic carbocycles. The van der Waals surface area contributed by atoms with Gasteiger partial charge in [0.15, 0.2) is 0 Å². The molecule has 1 N–H and O–H groups in total. The number of hydrogen-bond donors (Lipinski definition) is 1. The molecule has 1 aromatic heterocycles. The topological polar surface area (TPSA) is 61.1 Å². The number of aromatic nitrogens is 1. The van der Waals surface area contributed by atoms with E-state index in [1.807, 2.05) is 18.3 Å². The first-order valence-electron chi connectivity index (χ1n) is 6.39. The van der Waals surface area contributed by atoms with E-state index in [0.717, 1.165) is 25.1 Å². The van der Waals surface area contributed by atoms with Gasteiger partial charge in [0.05, 0.1) is 6.07 Å². The van der Waals surface area contributed by atoms with E-state index in [4.69, 9.17) is 5.26 Å². The molecule has 1 saturated heterocycles. The second-order valence-corrected chi connectivity index (χ2v) is 4.88. The number of carbonyl (C=O) groups excluding carboxylic acids is 1. The van der Waals surface area contributed by atoms with Gasteiger partial charge in [-0.25, -0.2) is 0 Å². The Hall–Kier alpha value is -1.80. The van der Waals surface area contributed by atoms with Gasteiger partial charge in [0.1, 0.15) is 11.7 Å². The smallest absolute Gasteiger partial charge is 0.271 e. The fraction of sp³-hybridized carbons (Fsp3) is 0.538. The summed E-state index contributed by atoms with van der Waals surface area (Å²) < 4.78 is 2.05. The van der Waals surface area contributed by atoms with Gasteiger partial charge in [0, 0.05) is 31.9 Å². The lowest BCUT2D eigenvalue weighted by atomic mass is 10.2. The summed E-state index contributed by atoms with van der Waals surface area (Å²) in [5, 5.41) is 12.3. The van der Waals surface area contributed by atoms with Gasteiger partial charge >= 0.3 is 0 Å². The van der Waals surface area contributed by atoms with Crippen molar-refractivity contribution in [2.45, 2.75) is 24.9 Å². The second kappa shape index (κ2) is 4.46. The minimum atomic E-state index is -0.353. The molecule has 1 aliphatic heterocycles. The molecule has 5 nitrogen and oxygen atoms in total. The van der Waals surface area contributed by atoms with Crippen molar-refractivity contribution in [3.63, 3.8) is 0 Å². The third-order valence-electron chi connectivity index (χ3n) is 3.59. The standard InChI is InChI=1S/C13H16N4O/c14-8-11-9-15-5-7-17(11)13(18)12-2-1-6-16(12)10-3-4-10/h1-2,6,10-11,15H,3-5,7,9H2. The summed E-state index contributed by atoms with van der Waals surface area (Å²) in [6.07, 6.45) is 4.27. The lowest BCUT2D eigenvalue weighted by molar-refractivity contribution is 0.0676. The number of piperazine rings is 1. The van der Waals surface area contributed by atoms with Gasteiger partial charge in [-0.2, -0.15) is 5.26 Å². The Morgan fingerprint density at radius 2 is 2.33 bits per heavy atom. The monoisotopic (exact) mass is 244 g/mol. The average Bonchev–Trinajstić information content (AvgIpc) is 3.15. The zero-order valence-electron chi connectivity index (χ0n) is 10.2. The van der Waals surface area contributed by atoms with Crippen LogP contribution in [0, 0.1) is 11.3 Å². The Balaban J connectivity index is 1.84. The molecule has 3 rings (SSSR count). The van der Waals surface area contributed by atoms with Crippen molar-refractivity contribution < 1.29 is 4.79 Å². The fourth-order valence-corrected chi connectivity index (χ4v) is 2.46. The molecule has 1 aliphatic carbocycles. The zero-order chi connectivity index (χ0) is 12.5. The summed E-state index contributed by atoms with van der Waals surface area (Å²) in [5.74, 6) is -0.0139. The third kappa shape index (κ3) is 1.89. The molecule has 18 heavy (non-hydrogen) atoms. The molecule has 1 aromatic rings. The van der Waals surface area contributed by atoms with Crippen LogP contribution in [-0.2, 0) is 0 Å². The van der Waals surface area contributed by atoms with Gasteiger partial charge in [-0.1, -0.05) is 0 Å². The zero-order valence-corrected chi connectivity index (χ0v) is 10.2. The molecule has 1 saturated carbocycles. The maximum Gasteiger partial charge on any atom is 0.271 e. The Morgan fingerprint density at radius 3 is 3.06 bits per heavy atom. The van der Waals surface area contributed by atoms with E-state index in [2.05, 4.69) is 16.0 Å². The first-order valence-corrected chi connectivity index (χ1v) is 6.39. The minimum Gasteiger partial charge on any atom is -0.340 e. The van der Waals surface area contributed by atoms with Gasteiger partial charge in [0.25, 0.3) is 5.91 Å². The molecule has 2 heterocycles. The predicted octanol–water partition coefficient (Wildman–Crippen LogP) is 0.761. The van der Waals surface area contributed by atoms with Crippen LogP contribution in [0.15, 0.2) is 18.3 Å². The van der Waals surface area contributed by atoms with E-state index in [1.54, 1.807) is 4.90 Å². The Bertz CT molecular complexity index is 497. The van der Waals surface area contributed by atoms with E-state index >= 15 is 0 Å². The third-order valence-corrected chi connectivity index (χ3v) is 3.59. The number of rotatable bonds is 2. The SMILES string of the molecule is N#CC1CNCCN1C(=O)c1cccn1C1CC1. The first kappa shape index (κ1) is 11.3. The molecule has 1 atom stereocenters. The molecule has 0 bridgehead atoms. The summed E-state index contributed by atoms with van der Waals surface area (Å²) in [7, 11) is 0. The van der Waals surface area contributed by atoms with Crippen molar-refractivity contribution >= 4 is 5.91 Å². The van der Waals surface area contributed by atoms with E-state index in [0.29, 0.717) is 19.1 Å². The lowest BCUT2D eigenvalue weighted by Gasteiger charge is -2.32. The van der Waals surface area contributed by atoms with Crippen LogP contribution in [0.25, 0.3) is 0 Å². The molecule has 1 amide bonds. The van der Waals surface area contributed by atoms with Crippen LogP contribution in [0.5, 0.6) is 0 Å². The van der Waals surface area contributed by atoms with Crippen molar-refractivity contribution in [1.29, 1.82) is 5.26 Å². The second-order valence-electron chi connectivity index (χ2n) is 4.88. The van der Waals surface area contributed by atoms with Crippen LogP contribution >= 0.6 is 0 Å². The fourth-order valence-electron chi connectivity index (χ4n) is 2.46. The van der Waals surface area contributed by atoms with Gasteiger partial charge in [-0.05, 0) is 25.0 Å². The van der Waals surface area contributed by atoms with Crippen molar-refractivity contribution in [3.05, 3.63) is 24.0 Å². The normalized spacial score (nSPS) is 23.7. The molecular weight excluding hydrogens is 228 g/mol. The van der Waals surface area contributed by atoms with Gasteiger partial charge in [-0.15, -0.1) is 0 Å². The molecule has 1 unspecified atom stereocenters. The van der Waals surface area contributed by atoms with Crippen LogP contribution in [-0.4, -0.2) is 41.1 Å². The summed E-state index contributed by atoms with van der Waals surface area (Å²) in [4.78, 5) is 14.2. The number of amides is 1. The van der Waals surface area contributed by atoms with Gasteiger partial charge < -0.3 is 14.8 Å². The quantitative estimate of drug-likeness (QED) is 0.835. The van der Waals surface area contributed by atoms with E-state index in [-0.39, 0.29) is 11.9 Å². The highest BCUT2D eigenvalue weighted by Gasteiger charge is 2.32. The van der Waals surface area contributed by atoms with Crippen LogP contribution in [0.4, 0.5) is 0 Å². The van der Waals surface area contributed by atoms with Gasteiger partial charge in [-0.3, -0.25) is 4.79 Å². The van der Waals surface area contributed by atoms with E-state index in [9.17, 15) is 4.79 Å². The predicted molar refractivity (Wildman–Crippen MR) is 66.0 cm³/mol. The van der Waals surface area contributed by atoms with Crippen molar-refractivity contribution in [1.82, 2.24) is 14.8 Å². The lowest BCUT2D eigenvalue weighted by Crippen LogP contribution is -2.53. The van der Waals surface area contributed by atoms with Crippen molar-refractivity contribution in [2.75, 3.05) is 19.6 Å². The van der Waals surface area contributed by atoms with Crippen molar-refractivity contribution in [3.8, 4) is 6.07 Å². The van der Waals surface area contributed by atoms with Crippen molar-refractivity contribution in [2.24, 2.45) is 0 Å². The molecule has 2 fully saturated rings. The Kier molecular flexibility index (Phi) is 2.80. The minimum absolute atomic E-state index is 0.0139. The highest BCUT2D eigenvalue weighted by Crippen LogP contribution is 2.36. The molecule has 0 spiro atoms. The molecule has 94 valence electrons. The average molecular weight is 244 g/mol. The number of nitrogens with one attached hydrogen (secondary N) is 1. The van der Waals surface area contributed by atoms with Gasteiger partial charge in [0.2, 0.25) is 0 Å². The van der Waals surface area contributed by atoms with Crippen LogP contribution in [0.1, 0.15) is 29.4 Å². The number of carbonyl (C=O) groups is 1. The Labute approximate surface area is 106 Å². The maximum atomic E-state index is 12.5. The number of nitrogens with zero attached hydrogens (tertiary/aromatic N) is 3. The molecule has 2 aliphatic rings. The van der Waals surface area contributed by atoms with Crippen LogP contribution in [0.3, 0.4) is 0 Å². The first-order chi connectivity index (χ1) is 8.81. The maximum absolute atomic E-state index is 12.5. The van der Waals surface area contributed by atoms with Crippen LogP contribution in [0.2, 0.25) is 0 Å². The largest absolute Gasteiger partial charge is 0.340 e. The van der Waals surface area contributed by atoms with Crippen LogP contribution < -0.4 is 5.32 Å². The summed E-state index contributed by atoms with van der Waals surface area (Å²) >= 11 is 0. The van der Waals surface area contributed by atoms with E-state index in [1.165, 1.54) is 0 Å².